The highest BCUT2D eigenvalue weighted by Gasteiger charge is 2.40. The van der Waals surface area contributed by atoms with E-state index in [2.05, 4.69) is 5.32 Å². The molecular formula is C21H21ClN2O4S. The van der Waals surface area contributed by atoms with Crippen molar-refractivity contribution in [1.82, 2.24) is 0 Å². The minimum atomic E-state index is -0.575. The van der Waals surface area contributed by atoms with E-state index in [0.717, 1.165) is 18.2 Å². The van der Waals surface area contributed by atoms with Crippen molar-refractivity contribution in [3.05, 3.63) is 53.6 Å². The third-order valence-electron chi connectivity index (χ3n) is 4.22. The molecule has 0 aliphatic carbocycles. The maximum atomic E-state index is 12.7. The zero-order chi connectivity index (χ0) is 20.8. The lowest BCUT2D eigenvalue weighted by Gasteiger charge is -2.15. The van der Waals surface area contributed by atoms with Crippen LogP contribution in [0.2, 0.25) is 5.02 Å². The number of hydrogen-bond acceptors (Lipinski definition) is 5. The Hall–Kier alpha value is -2.51. The zero-order valence-corrected chi connectivity index (χ0v) is 17.5. The second-order valence-corrected chi connectivity index (χ2v) is 8.10. The van der Waals surface area contributed by atoms with Crippen molar-refractivity contribution in [1.29, 1.82) is 0 Å². The van der Waals surface area contributed by atoms with Crippen LogP contribution in [0.15, 0.2) is 48.5 Å². The number of nitrogens with zero attached hydrogens (tertiary/aromatic N) is 1. The lowest BCUT2D eigenvalue weighted by molar-refractivity contribution is -0.121. The van der Waals surface area contributed by atoms with E-state index in [0.29, 0.717) is 28.8 Å². The predicted octanol–water partition coefficient (Wildman–Crippen LogP) is 4.13. The predicted molar refractivity (Wildman–Crippen MR) is 116 cm³/mol. The number of ether oxygens (including phenoxy) is 1. The number of halogens is 1. The molecule has 1 N–H and O–H groups in total. The Labute approximate surface area is 178 Å². The van der Waals surface area contributed by atoms with Gasteiger partial charge in [0.1, 0.15) is 5.75 Å². The summed E-state index contributed by atoms with van der Waals surface area (Å²) in [7, 11) is 0. The first-order valence-corrected chi connectivity index (χ1v) is 10.7. The van der Waals surface area contributed by atoms with Gasteiger partial charge in [0, 0.05) is 17.1 Å². The van der Waals surface area contributed by atoms with Crippen molar-refractivity contribution in [3.8, 4) is 5.75 Å². The van der Waals surface area contributed by atoms with E-state index in [-0.39, 0.29) is 29.9 Å². The Balaban J connectivity index is 1.55. The summed E-state index contributed by atoms with van der Waals surface area (Å²) in [6, 6.07) is 13.6. The van der Waals surface area contributed by atoms with Gasteiger partial charge < -0.3 is 10.1 Å². The molecule has 3 amide bonds. The van der Waals surface area contributed by atoms with E-state index in [1.54, 1.807) is 48.5 Å². The second kappa shape index (κ2) is 9.80. The van der Waals surface area contributed by atoms with Crippen molar-refractivity contribution < 1.29 is 19.1 Å². The van der Waals surface area contributed by atoms with E-state index in [9.17, 15) is 14.4 Å². The van der Waals surface area contributed by atoms with Crippen LogP contribution < -0.4 is 15.0 Å². The van der Waals surface area contributed by atoms with Gasteiger partial charge in [0.25, 0.3) is 0 Å². The van der Waals surface area contributed by atoms with Gasteiger partial charge >= 0.3 is 0 Å². The molecule has 2 aromatic rings. The number of rotatable bonds is 8. The molecule has 1 unspecified atom stereocenters. The van der Waals surface area contributed by atoms with Crippen LogP contribution in [0.1, 0.15) is 19.8 Å². The molecule has 0 aromatic heterocycles. The maximum Gasteiger partial charge on any atom is 0.247 e. The molecule has 8 heteroatoms. The Bertz CT molecular complexity index is 887. The molecule has 29 heavy (non-hydrogen) atoms. The molecule has 0 radical (unpaired) electrons. The van der Waals surface area contributed by atoms with Crippen LogP contribution in [0.3, 0.4) is 0 Å². The number of imide groups is 1. The molecule has 6 nitrogen and oxygen atoms in total. The fourth-order valence-corrected chi connectivity index (χ4v) is 3.88. The third-order valence-corrected chi connectivity index (χ3v) is 5.67. The summed E-state index contributed by atoms with van der Waals surface area (Å²) >= 11 is 6.99. The number of amides is 3. The molecule has 2 aromatic carbocycles. The van der Waals surface area contributed by atoms with Crippen LogP contribution in [0.25, 0.3) is 0 Å². The molecule has 0 saturated carbocycles. The monoisotopic (exact) mass is 432 g/mol. The van der Waals surface area contributed by atoms with Gasteiger partial charge in [-0.05, 0) is 55.0 Å². The van der Waals surface area contributed by atoms with Gasteiger partial charge in [0.05, 0.1) is 23.3 Å². The van der Waals surface area contributed by atoms with Crippen molar-refractivity contribution in [2.45, 2.75) is 25.0 Å². The van der Waals surface area contributed by atoms with Gasteiger partial charge in [0.2, 0.25) is 17.7 Å². The first-order valence-electron chi connectivity index (χ1n) is 9.24. The first-order chi connectivity index (χ1) is 14.0. The summed E-state index contributed by atoms with van der Waals surface area (Å²) in [5.41, 5.74) is 1.14. The largest absolute Gasteiger partial charge is 0.494 e. The molecule has 3 rings (SSSR count). The van der Waals surface area contributed by atoms with Crippen LogP contribution in [0.5, 0.6) is 5.75 Å². The highest BCUT2D eigenvalue weighted by molar-refractivity contribution is 8.01. The normalized spacial score (nSPS) is 16.2. The molecule has 1 atom stereocenters. The topological polar surface area (TPSA) is 75.7 Å². The molecule has 1 fully saturated rings. The van der Waals surface area contributed by atoms with Gasteiger partial charge in [0.15, 0.2) is 0 Å². The summed E-state index contributed by atoms with van der Waals surface area (Å²) < 4.78 is 5.52. The second-order valence-electron chi connectivity index (χ2n) is 6.47. The summed E-state index contributed by atoms with van der Waals surface area (Å²) in [5, 5.41) is 2.75. The minimum absolute atomic E-state index is 0.0734. The molecule has 0 spiro atoms. The van der Waals surface area contributed by atoms with E-state index in [1.165, 1.54) is 4.90 Å². The Kier molecular flexibility index (Phi) is 7.17. The number of anilines is 2. The van der Waals surface area contributed by atoms with Crippen LogP contribution >= 0.6 is 23.4 Å². The van der Waals surface area contributed by atoms with Crippen molar-refractivity contribution >= 4 is 52.5 Å². The van der Waals surface area contributed by atoms with Gasteiger partial charge in [-0.2, -0.15) is 0 Å². The van der Waals surface area contributed by atoms with Crippen molar-refractivity contribution in [3.63, 3.8) is 0 Å². The molecule has 1 heterocycles. The number of thioether (sulfide) groups is 1. The molecule has 152 valence electrons. The molecular weight excluding hydrogens is 412 g/mol. The quantitative estimate of drug-likeness (QED) is 0.634. The van der Waals surface area contributed by atoms with Gasteiger partial charge in [-0.25, -0.2) is 4.90 Å². The number of carbonyl (C=O) groups excluding carboxylic acids is 3. The third kappa shape index (κ3) is 5.52. The lowest BCUT2D eigenvalue weighted by Crippen LogP contribution is -2.31. The van der Waals surface area contributed by atoms with E-state index in [1.807, 2.05) is 6.92 Å². The fraction of sp³-hybridized carbons (Fsp3) is 0.286. The van der Waals surface area contributed by atoms with Crippen LogP contribution in [-0.2, 0) is 14.4 Å². The standard InChI is InChI=1S/C21H21ClN2O4S/c1-2-11-28-17-9-7-16(8-10-17)24-20(26)12-18(21(24)27)29-13-19(25)23-15-5-3-14(22)4-6-15/h3-10,18H,2,11-13H2,1H3,(H,23,25). The summed E-state index contributed by atoms with van der Waals surface area (Å²) in [6.07, 6.45) is 0.973. The Morgan fingerprint density at radius 1 is 1.17 bits per heavy atom. The maximum absolute atomic E-state index is 12.7. The Morgan fingerprint density at radius 3 is 2.52 bits per heavy atom. The average Bonchev–Trinajstić information content (AvgIpc) is 3.00. The molecule has 1 saturated heterocycles. The Morgan fingerprint density at radius 2 is 1.86 bits per heavy atom. The fourth-order valence-electron chi connectivity index (χ4n) is 2.82. The van der Waals surface area contributed by atoms with Crippen LogP contribution in [0.4, 0.5) is 11.4 Å². The van der Waals surface area contributed by atoms with Crippen LogP contribution in [-0.4, -0.2) is 35.3 Å². The first kappa shape index (κ1) is 21.2. The number of hydrogen-bond donors (Lipinski definition) is 1. The van der Waals surface area contributed by atoms with Crippen molar-refractivity contribution in [2.24, 2.45) is 0 Å². The minimum Gasteiger partial charge on any atom is -0.494 e. The SMILES string of the molecule is CCCOc1ccc(N2C(=O)CC(SCC(=O)Nc3ccc(Cl)cc3)C2=O)cc1. The smallest absolute Gasteiger partial charge is 0.247 e. The van der Waals surface area contributed by atoms with Crippen LogP contribution in [0, 0.1) is 0 Å². The van der Waals surface area contributed by atoms with E-state index < -0.39 is 5.25 Å². The van der Waals surface area contributed by atoms with Gasteiger partial charge in [-0.1, -0.05) is 18.5 Å². The highest BCUT2D eigenvalue weighted by atomic mass is 35.5. The molecule has 1 aliphatic rings. The van der Waals surface area contributed by atoms with Gasteiger partial charge in [-0.3, -0.25) is 14.4 Å². The summed E-state index contributed by atoms with van der Waals surface area (Å²) in [4.78, 5) is 38.4. The van der Waals surface area contributed by atoms with E-state index in [4.69, 9.17) is 16.3 Å². The summed E-state index contributed by atoms with van der Waals surface area (Å²) in [6.45, 7) is 2.63. The van der Waals surface area contributed by atoms with Gasteiger partial charge in [-0.15, -0.1) is 11.8 Å². The highest BCUT2D eigenvalue weighted by Crippen LogP contribution is 2.30. The zero-order valence-electron chi connectivity index (χ0n) is 15.9. The van der Waals surface area contributed by atoms with E-state index >= 15 is 0 Å². The number of carbonyl (C=O) groups is 3. The number of nitrogens with one attached hydrogen (secondary N) is 1. The average molecular weight is 433 g/mol. The van der Waals surface area contributed by atoms with Crippen molar-refractivity contribution in [2.75, 3.05) is 22.6 Å². The molecule has 0 bridgehead atoms. The summed E-state index contributed by atoms with van der Waals surface area (Å²) in [5.74, 6) is -0.0495. The molecule has 1 aliphatic heterocycles. The lowest BCUT2D eigenvalue weighted by atomic mass is 10.3. The number of benzene rings is 2.